The molecule has 0 saturated heterocycles. The van der Waals surface area contributed by atoms with Crippen LogP contribution in [-0.2, 0) is 13.2 Å². The molecule has 2 heterocycles. The summed E-state index contributed by atoms with van der Waals surface area (Å²) in [5.41, 5.74) is 2.49. The molecule has 0 bridgehead atoms. The minimum Gasteiger partial charge on any atom is -0.497 e. The molecule has 0 radical (unpaired) electrons. The van der Waals surface area contributed by atoms with E-state index >= 15 is 0 Å². The molecule has 0 saturated carbocycles. The average molecular weight is 369 g/mol. The summed E-state index contributed by atoms with van der Waals surface area (Å²) in [4.78, 5) is 16.5. The lowest BCUT2D eigenvalue weighted by Crippen LogP contribution is -2.09. The Bertz CT molecular complexity index is 915. The molecule has 0 amide bonds. The van der Waals surface area contributed by atoms with Crippen LogP contribution in [0, 0.1) is 19.7 Å². The third-order valence-electron chi connectivity index (χ3n) is 3.68. The second-order valence-corrected chi connectivity index (χ2v) is 5.89. The highest BCUT2D eigenvalue weighted by Gasteiger charge is 2.09. The second-order valence-electron chi connectivity index (χ2n) is 5.89. The number of methoxy groups -OCH3 is 1. The molecular formula is C19H20FN5O2. The molecule has 0 spiro atoms. The molecule has 0 unspecified atom stereocenters. The van der Waals surface area contributed by atoms with Gasteiger partial charge in [0.1, 0.15) is 18.2 Å². The van der Waals surface area contributed by atoms with Gasteiger partial charge in [-0.1, -0.05) is 12.1 Å². The Morgan fingerprint density at radius 2 is 1.96 bits per heavy atom. The number of hydrogen-bond donors (Lipinski definition) is 1. The van der Waals surface area contributed by atoms with E-state index in [1.807, 2.05) is 44.2 Å². The van der Waals surface area contributed by atoms with Crippen LogP contribution < -0.4 is 14.8 Å². The lowest BCUT2D eigenvalue weighted by atomic mass is 10.2. The Morgan fingerprint density at radius 3 is 2.74 bits per heavy atom. The van der Waals surface area contributed by atoms with Crippen molar-refractivity contribution in [2.24, 2.45) is 0 Å². The van der Waals surface area contributed by atoms with E-state index in [0.717, 1.165) is 28.9 Å². The zero-order chi connectivity index (χ0) is 19.2. The predicted octanol–water partition coefficient (Wildman–Crippen LogP) is 3.22. The van der Waals surface area contributed by atoms with Crippen molar-refractivity contribution in [3.8, 4) is 11.8 Å². The van der Waals surface area contributed by atoms with E-state index in [1.54, 1.807) is 7.11 Å². The maximum Gasteiger partial charge on any atom is 0.318 e. The molecule has 0 aliphatic heterocycles. The minimum atomic E-state index is -0.564. The second kappa shape index (κ2) is 8.39. The quantitative estimate of drug-likeness (QED) is 0.685. The van der Waals surface area contributed by atoms with E-state index in [0.29, 0.717) is 12.4 Å². The highest BCUT2D eigenvalue weighted by molar-refractivity contribution is 5.37. The lowest BCUT2D eigenvalue weighted by molar-refractivity contribution is 0.279. The van der Waals surface area contributed by atoms with Crippen LogP contribution >= 0.6 is 0 Å². The van der Waals surface area contributed by atoms with Gasteiger partial charge in [-0.3, -0.25) is 0 Å². The van der Waals surface area contributed by atoms with Gasteiger partial charge in [0, 0.05) is 5.69 Å². The van der Waals surface area contributed by atoms with Crippen molar-refractivity contribution >= 4 is 5.82 Å². The van der Waals surface area contributed by atoms with Gasteiger partial charge in [-0.05, 0) is 37.6 Å². The summed E-state index contributed by atoms with van der Waals surface area (Å²) >= 11 is 0. The summed E-state index contributed by atoms with van der Waals surface area (Å²) in [6.07, 6.45) is 1.08. The Labute approximate surface area is 156 Å². The zero-order valence-corrected chi connectivity index (χ0v) is 15.4. The van der Waals surface area contributed by atoms with Crippen molar-refractivity contribution in [3.63, 3.8) is 0 Å². The number of nitrogens with one attached hydrogen (secondary N) is 1. The van der Waals surface area contributed by atoms with Gasteiger partial charge in [-0.15, -0.1) is 0 Å². The lowest BCUT2D eigenvalue weighted by Gasteiger charge is -2.10. The van der Waals surface area contributed by atoms with E-state index in [4.69, 9.17) is 9.47 Å². The van der Waals surface area contributed by atoms with Crippen LogP contribution in [0.25, 0.3) is 0 Å². The normalized spacial score (nSPS) is 10.5. The van der Waals surface area contributed by atoms with Crippen LogP contribution in [0.2, 0.25) is 0 Å². The molecule has 27 heavy (non-hydrogen) atoms. The van der Waals surface area contributed by atoms with Crippen LogP contribution in [0.15, 0.2) is 36.5 Å². The van der Waals surface area contributed by atoms with Crippen molar-refractivity contribution in [2.45, 2.75) is 27.0 Å². The number of aromatic nitrogens is 4. The molecule has 0 aliphatic rings. The number of nitrogens with zero attached hydrogens (tertiary/aromatic N) is 4. The van der Waals surface area contributed by atoms with Crippen LogP contribution in [0.1, 0.15) is 22.8 Å². The summed E-state index contributed by atoms with van der Waals surface area (Å²) in [5.74, 6) is 0.886. The minimum absolute atomic E-state index is 0.0551. The third kappa shape index (κ3) is 5.10. The molecule has 3 aromatic rings. The van der Waals surface area contributed by atoms with E-state index in [-0.39, 0.29) is 18.4 Å². The number of halogens is 1. The molecular weight excluding hydrogens is 349 g/mol. The maximum absolute atomic E-state index is 14.0. The Kier molecular flexibility index (Phi) is 5.75. The third-order valence-corrected chi connectivity index (χ3v) is 3.68. The van der Waals surface area contributed by atoms with Gasteiger partial charge in [-0.25, -0.2) is 19.3 Å². The first-order valence-electron chi connectivity index (χ1n) is 8.37. The molecule has 2 aromatic heterocycles. The fourth-order valence-electron chi connectivity index (χ4n) is 2.51. The summed E-state index contributed by atoms with van der Waals surface area (Å²) in [5, 5.41) is 2.92. The summed E-state index contributed by atoms with van der Waals surface area (Å²) in [6, 6.07) is 9.36. The fourth-order valence-corrected chi connectivity index (χ4v) is 2.51. The topological polar surface area (TPSA) is 82.0 Å². The van der Waals surface area contributed by atoms with E-state index < -0.39 is 5.82 Å². The van der Waals surface area contributed by atoms with E-state index in [9.17, 15) is 4.39 Å². The molecule has 140 valence electrons. The van der Waals surface area contributed by atoms with Crippen LogP contribution in [0.3, 0.4) is 0 Å². The van der Waals surface area contributed by atoms with Gasteiger partial charge in [0.2, 0.25) is 0 Å². The standard InChI is InChI=1S/C19H20FN5O2/c1-12-7-15(24-13(2)23-12)9-21-18-17(20)10-22-19(25-18)27-11-14-5-4-6-16(8-14)26-3/h4-8,10H,9,11H2,1-3H3,(H,21,22,25). The number of anilines is 1. The smallest absolute Gasteiger partial charge is 0.318 e. The monoisotopic (exact) mass is 369 g/mol. The fraction of sp³-hybridized carbons (Fsp3) is 0.263. The molecule has 1 aromatic carbocycles. The Balaban J connectivity index is 1.66. The highest BCUT2D eigenvalue weighted by atomic mass is 19.1. The largest absolute Gasteiger partial charge is 0.497 e. The van der Waals surface area contributed by atoms with Crippen molar-refractivity contribution in [3.05, 3.63) is 65.1 Å². The van der Waals surface area contributed by atoms with Crippen molar-refractivity contribution in [1.82, 2.24) is 19.9 Å². The van der Waals surface area contributed by atoms with Crippen LogP contribution in [0.5, 0.6) is 11.8 Å². The first-order valence-corrected chi connectivity index (χ1v) is 8.37. The van der Waals surface area contributed by atoms with Gasteiger partial charge in [0.25, 0.3) is 0 Å². The molecule has 0 atom stereocenters. The average Bonchev–Trinajstić information content (AvgIpc) is 2.65. The molecule has 7 nitrogen and oxygen atoms in total. The predicted molar refractivity (Wildman–Crippen MR) is 98.1 cm³/mol. The first kappa shape index (κ1) is 18.5. The first-order chi connectivity index (χ1) is 13.0. The van der Waals surface area contributed by atoms with E-state index in [2.05, 4.69) is 25.3 Å². The zero-order valence-electron chi connectivity index (χ0n) is 15.4. The molecule has 1 N–H and O–H groups in total. The number of benzene rings is 1. The SMILES string of the molecule is COc1cccc(COc2ncc(F)c(NCc3cc(C)nc(C)n3)n2)c1. The van der Waals surface area contributed by atoms with Gasteiger partial charge in [0.05, 0.1) is 25.5 Å². The van der Waals surface area contributed by atoms with Crippen molar-refractivity contribution in [1.29, 1.82) is 0 Å². The summed E-state index contributed by atoms with van der Waals surface area (Å²) in [6.45, 7) is 4.25. The number of aryl methyl sites for hydroxylation is 2. The van der Waals surface area contributed by atoms with Crippen LogP contribution in [-0.4, -0.2) is 27.0 Å². The number of ether oxygens (including phenoxy) is 2. The Morgan fingerprint density at radius 1 is 1.11 bits per heavy atom. The number of hydrogen-bond acceptors (Lipinski definition) is 7. The molecule has 3 rings (SSSR count). The highest BCUT2D eigenvalue weighted by Crippen LogP contribution is 2.17. The Hall–Kier alpha value is -3.29. The van der Waals surface area contributed by atoms with Crippen molar-refractivity contribution in [2.75, 3.05) is 12.4 Å². The number of rotatable bonds is 7. The summed E-state index contributed by atoms with van der Waals surface area (Å²) in [7, 11) is 1.60. The molecule has 0 aliphatic carbocycles. The molecule has 0 fully saturated rings. The maximum atomic E-state index is 14.0. The van der Waals surface area contributed by atoms with E-state index in [1.165, 1.54) is 0 Å². The van der Waals surface area contributed by atoms with Gasteiger partial charge >= 0.3 is 6.01 Å². The molecule has 8 heteroatoms. The summed E-state index contributed by atoms with van der Waals surface area (Å²) < 4.78 is 24.7. The van der Waals surface area contributed by atoms with Gasteiger partial charge < -0.3 is 14.8 Å². The van der Waals surface area contributed by atoms with Crippen LogP contribution in [0.4, 0.5) is 10.2 Å². The van der Waals surface area contributed by atoms with Gasteiger partial charge in [0.15, 0.2) is 11.6 Å². The van der Waals surface area contributed by atoms with Crippen molar-refractivity contribution < 1.29 is 13.9 Å². The van der Waals surface area contributed by atoms with Gasteiger partial charge in [-0.2, -0.15) is 4.98 Å².